The fraction of sp³-hybridized carbons (Fsp3) is 0.444. The zero-order chi connectivity index (χ0) is 16.4. The van der Waals surface area contributed by atoms with Crippen LogP contribution in [-0.4, -0.2) is 46.0 Å². The Kier molecular flexibility index (Phi) is 3.02. The van der Waals surface area contributed by atoms with Crippen molar-refractivity contribution in [1.29, 1.82) is 0 Å². The van der Waals surface area contributed by atoms with Gasteiger partial charge in [0.2, 0.25) is 0 Å². The summed E-state index contributed by atoms with van der Waals surface area (Å²) in [5.74, 6) is 0.0954. The monoisotopic (exact) mass is 310 g/mol. The molecule has 0 saturated heterocycles. The number of hydrogen-bond donors (Lipinski definition) is 2. The number of aromatic amines is 1. The van der Waals surface area contributed by atoms with Crippen LogP contribution in [0.2, 0.25) is 0 Å². The Bertz CT molecular complexity index is 841. The second-order valence-corrected chi connectivity index (χ2v) is 7.30. The van der Waals surface area contributed by atoms with Crippen molar-refractivity contribution in [1.82, 2.24) is 9.88 Å². The van der Waals surface area contributed by atoms with Crippen molar-refractivity contribution in [2.45, 2.75) is 38.9 Å². The van der Waals surface area contributed by atoms with Gasteiger partial charge in [0, 0.05) is 52.4 Å². The summed E-state index contributed by atoms with van der Waals surface area (Å²) in [4.78, 5) is 22.9. The summed E-state index contributed by atoms with van der Waals surface area (Å²) in [6.45, 7) is 8.03. The maximum absolute atomic E-state index is 12.4. The van der Waals surface area contributed by atoms with Crippen LogP contribution in [0.5, 0.6) is 0 Å². The van der Waals surface area contributed by atoms with E-state index in [0.717, 1.165) is 46.5 Å². The lowest BCUT2D eigenvalue weighted by Crippen LogP contribution is -2.55. The normalized spacial score (nSPS) is 19.7. The van der Waals surface area contributed by atoms with Crippen molar-refractivity contribution in [2.75, 3.05) is 13.1 Å². The third-order valence-electron chi connectivity index (χ3n) is 5.24. The number of ketones is 1. The highest BCUT2D eigenvalue weighted by Crippen LogP contribution is 2.33. The molecule has 2 aromatic rings. The summed E-state index contributed by atoms with van der Waals surface area (Å²) in [7, 11) is 0. The molecule has 2 aliphatic rings. The van der Waals surface area contributed by atoms with Gasteiger partial charge in [-0.2, -0.15) is 0 Å². The van der Waals surface area contributed by atoms with E-state index in [-0.39, 0.29) is 23.9 Å². The van der Waals surface area contributed by atoms with Gasteiger partial charge >= 0.3 is 0 Å². The Balaban J connectivity index is 1.89. The molecule has 0 spiro atoms. The van der Waals surface area contributed by atoms with Crippen LogP contribution >= 0.6 is 0 Å². The van der Waals surface area contributed by atoms with E-state index in [9.17, 15) is 4.79 Å². The Morgan fingerprint density at radius 2 is 2.13 bits per heavy atom. The van der Waals surface area contributed by atoms with Crippen LogP contribution in [0.15, 0.2) is 23.2 Å². The smallest absolute Gasteiger partial charge is 0.184 e. The highest BCUT2D eigenvalue weighted by molar-refractivity contribution is 6.22. The van der Waals surface area contributed by atoms with E-state index in [4.69, 9.17) is 5.73 Å². The lowest BCUT2D eigenvalue weighted by molar-refractivity contribution is 0.100. The standard InChI is InChI=1S/C18H22N4O/c1-10(18(2,3)19)22-8-13-17-14(9-22)21-12-6-4-5-11(16(12)17)15(23)7-20-13/h4-6,10,21H,7-9,19H2,1-3H3. The van der Waals surface area contributed by atoms with E-state index in [1.54, 1.807) is 0 Å². The molecular formula is C18H22N4O. The summed E-state index contributed by atoms with van der Waals surface area (Å²) >= 11 is 0. The van der Waals surface area contributed by atoms with E-state index < -0.39 is 0 Å². The predicted molar refractivity (Wildman–Crippen MR) is 92.2 cm³/mol. The lowest BCUT2D eigenvalue weighted by atomic mass is 9.92. The number of aliphatic imine (C=N–C) groups is 1. The van der Waals surface area contributed by atoms with Crippen LogP contribution in [0.1, 0.15) is 42.4 Å². The highest BCUT2D eigenvalue weighted by atomic mass is 16.1. The van der Waals surface area contributed by atoms with Crippen molar-refractivity contribution in [3.05, 3.63) is 35.0 Å². The topological polar surface area (TPSA) is 74.5 Å². The first kappa shape index (κ1) is 14.6. The first-order valence-electron chi connectivity index (χ1n) is 8.09. The Morgan fingerprint density at radius 1 is 1.35 bits per heavy atom. The number of H-pyrrole nitrogens is 1. The third kappa shape index (κ3) is 2.15. The molecule has 5 nitrogen and oxygen atoms in total. The Labute approximate surface area is 135 Å². The van der Waals surface area contributed by atoms with Crippen molar-refractivity contribution >= 4 is 22.4 Å². The lowest BCUT2D eigenvalue weighted by Gasteiger charge is -2.39. The van der Waals surface area contributed by atoms with Crippen molar-refractivity contribution in [3.63, 3.8) is 0 Å². The molecule has 1 aromatic carbocycles. The van der Waals surface area contributed by atoms with Crippen molar-refractivity contribution in [2.24, 2.45) is 10.7 Å². The fourth-order valence-corrected chi connectivity index (χ4v) is 3.63. The molecule has 3 N–H and O–H groups in total. The minimum atomic E-state index is -0.296. The second-order valence-electron chi connectivity index (χ2n) is 7.30. The molecule has 0 bridgehead atoms. The van der Waals surface area contributed by atoms with Gasteiger partial charge in [0.1, 0.15) is 6.54 Å². The van der Waals surface area contributed by atoms with Crippen LogP contribution in [0.25, 0.3) is 10.9 Å². The molecular weight excluding hydrogens is 288 g/mol. The van der Waals surface area contributed by atoms with E-state index in [1.165, 1.54) is 0 Å². The minimum Gasteiger partial charge on any atom is -0.357 e. The third-order valence-corrected chi connectivity index (χ3v) is 5.24. The molecule has 1 aromatic heterocycles. The molecule has 0 radical (unpaired) electrons. The SMILES string of the molecule is CC(N1CC2=NCC(=O)c3cccc4[nH]c(c2c34)C1)C(C)(C)N. The number of aromatic nitrogens is 1. The van der Waals surface area contributed by atoms with E-state index in [0.29, 0.717) is 0 Å². The van der Waals surface area contributed by atoms with E-state index in [1.807, 2.05) is 18.2 Å². The molecule has 5 heteroatoms. The maximum Gasteiger partial charge on any atom is 0.184 e. The average Bonchev–Trinajstić information content (AvgIpc) is 2.81. The summed E-state index contributed by atoms with van der Waals surface area (Å²) in [6, 6.07) is 6.10. The van der Waals surface area contributed by atoms with Gasteiger partial charge in [-0.05, 0) is 26.8 Å². The largest absolute Gasteiger partial charge is 0.357 e. The van der Waals surface area contributed by atoms with Crippen LogP contribution in [0.3, 0.4) is 0 Å². The quantitative estimate of drug-likeness (QED) is 0.892. The Morgan fingerprint density at radius 3 is 2.87 bits per heavy atom. The first-order chi connectivity index (χ1) is 10.9. The molecule has 23 heavy (non-hydrogen) atoms. The minimum absolute atomic E-state index is 0.0954. The number of nitrogens with two attached hydrogens (primary N) is 1. The van der Waals surface area contributed by atoms with Crippen molar-refractivity contribution in [3.8, 4) is 0 Å². The van der Waals surface area contributed by atoms with Crippen LogP contribution in [0, 0.1) is 0 Å². The Hall–Kier alpha value is -1.98. The van der Waals surface area contributed by atoms with Gasteiger partial charge in [-0.1, -0.05) is 12.1 Å². The van der Waals surface area contributed by atoms with E-state index >= 15 is 0 Å². The molecule has 0 fully saturated rings. The second kappa shape index (κ2) is 4.76. The molecule has 1 unspecified atom stereocenters. The number of rotatable bonds is 2. The average molecular weight is 310 g/mol. The molecule has 0 saturated carbocycles. The van der Waals surface area contributed by atoms with Gasteiger partial charge in [0.25, 0.3) is 0 Å². The van der Waals surface area contributed by atoms with Gasteiger partial charge in [-0.15, -0.1) is 0 Å². The van der Waals surface area contributed by atoms with Gasteiger partial charge in [-0.3, -0.25) is 14.7 Å². The summed E-state index contributed by atoms with van der Waals surface area (Å²) in [6.07, 6.45) is 0. The summed E-state index contributed by atoms with van der Waals surface area (Å²) < 4.78 is 0. The molecule has 120 valence electrons. The van der Waals surface area contributed by atoms with Gasteiger partial charge in [-0.25, -0.2) is 0 Å². The molecule has 2 aliphatic heterocycles. The number of nitrogens with one attached hydrogen (secondary N) is 1. The number of carbonyl (C=O) groups excluding carboxylic acids is 1. The number of carbonyl (C=O) groups is 1. The summed E-state index contributed by atoms with van der Waals surface area (Å²) in [5, 5.41) is 1.04. The first-order valence-corrected chi connectivity index (χ1v) is 8.09. The highest BCUT2D eigenvalue weighted by Gasteiger charge is 2.35. The van der Waals surface area contributed by atoms with Gasteiger partial charge in [0.15, 0.2) is 5.78 Å². The predicted octanol–water partition coefficient (Wildman–Crippen LogP) is 2.09. The van der Waals surface area contributed by atoms with Crippen LogP contribution < -0.4 is 5.73 Å². The van der Waals surface area contributed by atoms with Crippen molar-refractivity contribution < 1.29 is 4.79 Å². The molecule has 0 aliphatic carbocycles. The number of Topliss-reactive ketones (excluding diaryl/α,β-unsaturated/α-hetero) is 1. The van der Waals surface area contributed by atoms with Crippen LogP contribution in [0.4, 0.5) is 0 Å². The maximum atomic E-state index is 12.4. The number of hydrogen-bond acceptors (Lipinski definition) is 4. The zero-order valence-corrected chi connectivity index (χ0v) is 13.8. The molecule has 0 amide bonds. The van der Waals surface area contributed by atoms with Crippen LogP contribution in [-0.2, 0) is 6.54 Å². The van der Waals surface area contributed by atoms with Gasteiger partial charge in [0.05, 0.1) is 5.71 Å². The summed E-state index contributed by atoms with van der Waals surface area (Å²) in [5.41, 5.74) is 11.1. The van der Waals surface area contributed by atoms with Gasteiger partial charge < -0.3 is 10.7 Å². The molecule has 3 heterocycles. The molecule has 4 rings (SSSR count). The fourth-order valence-electron chi connectivity index (χ4n) is 3.63. The number of nitrogens with zero attached hydrogens (tertiary/aromatic N) is 2. The van der Waals surface area contributed by atoms with E-state index in [2.05, 4.69) is 35.6 Å². The zero-order valence-electron chi connectivity index (χ0n) is 13.8. The number of benzene rings is 1. The molecule has 1 atom stereocenters.